The van der Waals surface area contributed by atoms with Crippen LogP contribution in [0.3, 0.4) is 0 Å². The predicted octanol–water partition coefficient (Wildman–Crippen LogP) is 4.66. The molecule has 0 bridgehead atoms. The maximum atomic E-state index is 3.47. The van der Waals surface area contributed by atoms with Gasteiger partial charge in [-0.25, -0.2) is 0 Å². The van der Waals surface area contributed by atoms with Gasteiger partial charge in [0.2, 0.25) is 0 Å². The molecule has 0 fully saturated rings. The van der Waals surface area contributed by atoms with Gasteiger partial charge in [-0.05, 0) is 42.6 Å². The lowest BCUT2D eigenvalue weighted by Gasteiger charge is -2.27. The SMILES string of the molecule is CNC(c1ccc(C)s1)c1ccccc1C(C)(C)C. The molecule has 2 heteroatoms. The molecule has 1 N–H and O–H groups in total. The molecule has 1 unspecified atom stereocenters. The summed E-state index contributed by atoms with van der Waals surface area (Å²) in [5.74, 6) is 0. The van der Waals surface area contributed by atoms with Crippen LogP contribution in [-0.4, -0.2) is 7.05 Å². The Kier molecular flexibility index (Phi) is 4.12. The minimum Gasteiger partial charge on any atom is -0.309 e. The number of rotatable bonds is 3. The van der Waals surface area contributed by atoms with E-state index >= 15 is 0 Å². The molecule has 0 saturated carbocycles. The normalized spacial score (nSPS) is 13.5. The van der Waals surface area contributed by atoms with Gasteiger partial charge in [0.05, 0.1) is 6.04 Å². The molecule has 0 aliphatic carbocycles. The van der Waals surface area contributed by atoms with Crippen molar-refractivity contribution in [3.8, 4) is 0 Å². The van der Waals surface area contributed by atoms with Crippen molar-refractivity contribution >= 4 is 11.3 Å². The fourth-order valence-corrected chi connectivity index (χ4v) is 3.50. The second kappa shape index (κ2) is 5.48. The van der Waals surface area contributed by atoms with Gasteiger partial charge < -0.3 is 5.32 Å². The summed E-state index contributed by atoms with van der Waals surface area (Å²) < 4.78 is 0. The van der Waals surface area contributed by atoms with Crippen molar-refractivity contribution in [2.45, 2.75) is 39.2 Å². The maximum absolute atomic E-state index is 3.47. The number of nitrogens with one attached hydrogen (secondary N) is 1. The molecule has 19 heavy (non-hydrogen) atoms. The Hall–Kier alpha value is -1.12. The van der Waals surface area contributed by atoms with Crippen LogP contribution < -0.4 is 5.32 Å². The Morgan fingerprint density at radius 3 is 2.26 bits per heavy atom. The van der Waals surface area contributed by atoms with Crippen LogP contribution in [-0.2, 0) is 5.41 Å². The molecule has 0 amide bonds. The standard InChI is InChI=1S/C17H23NS/c1-12-10-11-15(19-12)16(18-5)13-8-6-7-9-14(13)17(2,3)4/h6-11,16,18H,1-5H3. The number of hydrogen-bond acceptors (Lipinski definition) is 2. The Morgan fingerprint density at radius 1 is 1.05 bits per heavy atom. The fourth-order valence-electron chi connectivity index (χ4n) is 2.49. The zero-order chi connectivity index (χ0) is 14.0. The summed E-state index contributed by atoms with van der Waals surface area (Å²) in [5.41, 5.74) is 2.97. The maximum Gasteiger partial charge on any atom is 0.0671 e. The summed E-state index contributed by atoms with van der Waals surface area (Å²) in [6, 6.07) is 13.5. The number of aryl methyl sites for hydroxylation is 1. The minimum absolute atomic E-state index is 0.165. The van der Waals surface area contributed by atoms with E-state index in [9.17, 15) is 0 Å². The van der Waals surface area contributed by atoms with Crippen molar-refractivity contribution in [2.75, 3.05) is 7.05 Å². The smallest absolute Gasteiger partial charge is 0.0671 e. The topological polar surface area (TPSA) is 12.0 Å². The average molecular weight is 273 g/mol. The second-order valence-corrected chi connectivity index (χ2v) is 7.33. The number of benzene rings is 1. The van der Waals surface area contributed by atoms with Gasteiger partial charge in [-0.2, -0.15) is 0 Å². The summed E-state index contributed by atoms with van der Waals surface area (Å²) in [6.07, 6.45) is 0. The van der Waals surface area contributed by atoms with E-state index in [-0.39, 0.29) is 11.5 Å². The third-order valence-electron chi connectivity index (χ3n) is 3.41. The first kappa shape index (κ1) is 14.3. The first-order chi connectivity index (χ1) is 8.93. The minimum atomic E-state index is 0.165. The molecule has 1 aromatic carbocycles. The molecular formula is C17H23NS. The summed E-state index contributed by atoms with van der Waals surface area (Å²) in [4.78, 5) is 2.75. The molecule has 1 heterocycles. The highest BCUT2D eigenvalue weighted by Gasteiger charge is 2.23. The van der Waals surface area contributed by atoms with Crippen LogP contribution in [0.5, 0.6) is 0 Å². The van der Waals surface area contributed by atoms with Crippen LogP contribution >= 0.6 is 11.3 Å². The Balaban J connectivity index is 2.50. The fraction of sp³-hybridized carbons (Fsp3) is 0.412. The first-order valence-corrected chi connectivity index (χ1v) is 7.58. The molecule has 1 atom stereocenters. The van der Waals surface area contributed by atoms with Gasteiger partial charge in [0, 0.05) is 9.75 Å². The largest absolute Gasteiger partial charge is 0.309 e. The monoisotopic (exact) mass is 273 g/mol. The van der Waals surface area contributed by atoms with Crippen LogP contribution in [0.1, 0.15) is 47.7 Å². The van der Waals surface area contributed by atoms with Crippen molar-refractivity contribution in [2.24, 2.45) is 0 Å². The predicted molar refractivity (Wildman–Crippen MR) is 85.1 cm³/mol. The van der Waals surface area contributed by atoms with Crippen molar-refractivity contribution < 1.29 is 0 Å². The van der Waals surface area contributed by atoms with E-state index < -0.39 is 0 Å². The van der Waals surface area contributed by atoms with Crippen LogP contribution in [0.4, 0.5) is 0 Å². The highest BCUT2D eigenvalue weighted by atomic mass is 32.1. The van der Waals surface area contributed by atoms with E-state index in [0.717, 1.165) is 0 Å². The van der Waals surface area contributed by atoms with E-state index in [1.807, 2.05) is 18.4 Å². The molecule has 102 valence electrons. The van der Waals surface area contributed by atoms with E-state index in [0.29, 0.717) is 0 Å². The molecular weight excluding hydrogens is 250 g/mol. The molecule has 0 radical (unpaired) electrons. The van der Waals surface area contributed by atoms with Gasteiger partial charge in [0.1, 0.15) is 0 Å². The third-order valence-corrected chi connectivity index (χ3v) is 4.48. The summed E-state index contributed by atoms with van der Waals surface area (Å²) in [6.45, 7) is 8.99. The highest BCUT2D eigenvalue weighted by molar-refractivity contribution is 7.12. The van der Waals surface area contributed by atoms with Gasteiger partial charge in [0.15, 0.2) is 0 Å². The zero-order valence-electron chi connectivity index (χ0n) is 12.4. The first-order valence-electron chi connectivity index (χ1n) is 6.76. The van der Waals surface area contributed by atoms with Crippen LogP contribution in [0.25, 0.3) is 0 Å². The quantitative estimate of drug-likeness (QED) is 0.857. The van der Waals surface area contributed by atoms with Crippen molar-refractivity contribution in [1.29, 1.82) is 0 Å². The van der Waals surface area contributed by atoms with Crippen molar-refractivity contribution in [3.05, 3.63) is 57.3 Å². The average Bonchev–Trinajstić information content (AvgIpc) is 2.76. The van der Waals surface area contributed by atoms with E-state index in [2.05, 4.69) is 69.4 Å². The molecule has 1 aromatic heterocycles. The van der Waals surface area contributed by atoms with Crippen molar-refractivity contribution in [1.82, 2.24) is 5.32 Å². The molecule has 2 aromatic rings. The molecule has 0 spiro atoms. The summed E-state index contributed by atoms with van der Waals surface area (Å²) in [5, 5.41) is 3.47. The van der Waals surface area contributed by atoms with Gasteiger partial charge in [-0.3, -0.25) is 0 Å². The second-order valence-electron chi connectivity index (χ2n) is 6.01. The van der Waals surface area contributed by atoms with E-state index in [1.165, 1.54) is 20.9 Å². The summed E-state index contributed by atoms with van der Waals surface area (Å²) >= 11 is 1.87. The van der Waals surface area contributed by atoms with Gasteiger partial charge >= 0.3 is 0 Å². The molecule has 0 saturated heterocycles. The van der Waals surface area contributed by atoms with E-state index in [1.54, 1.807) is 0 Å². The van der Waals surface area contributed by atoms with Gasteiger partial charge in [-0.15, -0.1) is 11.3 Å². The lowest BCUT2D eigenvalue weighted by molar-refractivity contribution is 0.568. The molecule has 0 aliphatic heterocycles. The third kappa shape index (κ3) is 3.07. The lowest BCUT2D eigenvalue weighted by Crippen LogP contribution is -2.22. The zero-order valence-corrected chi connectivity index (χ0v) is 13.3. The van der Waals surface area contributed by atoms with Crippen LogP contribution in [0, 0.1) is 6.92 Å². The van der Waals surface area contributed by atoms with E-state index in [4.69, 9.17) is 0 Å². The summed E-state index contributed by atoms with van der Waals surface area (Å²) in [7, 11) is 2.04. The molecule has 0 aliphatic rings. The number of hydrogen-bond donors (Lipinski definition) is 1. The van der Waals surface area contributed by atoms with Gasteiger partial charge in [0.25, 0.3) is 0 Å². The van der Waals surface area contributed by atoms with Crippen molar-refractivity contribution in [3.63, 3.8) is 0 Å². The molecule has 2 rings (SSSR count). The Labute approximate surface area is 120 Å². The Morgan fingerprint density at radius 2 is 1.74 bits per heavy atom. The molecule has 1 nitrogen and oxygen atoms in total. The Bertz CT molecular complexity index is 548. The number of thiophene rings is 1. The highest BCUT2D eigenvalue weighted by Crippen LogP contribution is 2.34. The lowest BCUT2D eigenvalue weighted by atomic mass is 9.81. The van der Waals surface area contributed by atoms with Crippen LogP contribution in [0.2, 0.25) is 0 Å². The van der Waals surface area contributed by atoms with Crippen LogP contribution in [0.15, 0.2) is 36.4 Å². The van der Waals surface area contributed by atoms with Gasteiger partial charge in [-0.1, -0.05) is 45.0 Å².